The number of nitrogens with one attached hydrogen (secondary N) is 1. The maximum absolute atomic E-state index is 12.4. The predicted octanol–water partition coefficient (Wildman–Crippen LogP) is 1.46. The first-order valence-corrected chi connectivity index (χ1v) is 7.41. The van der Waals surface area contributed by atoms with E-state index in [1.54, 1.807) is 24.3 Å². The van der Waals surface area contributed by atoms with Gasteiger partial charge in [0.05, 0.1) is 5.60 Å². The SMILES string of the molecule is O=C1COC2(CCN(C(=O)c3cccc(Cl)c3)CC2)CN1. The quantitative estimate of drug-likeness (QED) is 0.854. The number of rotatable bonds is 1. The number of nitrogens with zero attached hydrogens (tertiary/aromatic N) is 1. The Balaban J connectivity index is 1.63. The third-order valence-electron chi connectivity index (χ3n) is 4.15. The van der Waals surface area contributed by atoms with Crippen LogP contribution in [0.4, 0.5) is 0 Å². The number of carbonyl (C=O) groups excluding carboxylic acids is 2. The van der Waals surface area contributed by atoms with Crippen molar-refractivity contribution < 1.29 is 14.3 Å². The van der Waals surface area contributed by atoms with E-state index in [0.717, 1.165) is 12.8 Å². The minimum absolute atomic E-state index is 0.00723. The van der Waals surface area contributed by atoms with Crippen LogP contribution in [0.3, 0.4) is 0 Å². The summed E-state index contributed by atoms with van der Waals surface area (Å²) in [7, 11) is 0. The summed E-state index contributed by atoms with van der Waals surface area (Å²) in [6.45, 7) is 1.90. The lowest BCUT2D eigenvalue weighted by Gasteiger charge is -2.43. The van der Waals surface area contributed by atoms with Crippen LogP contribution in [0.2, 0.25) is 5.02 Å². The van der Waals surface area contributed by atoms with Gasteiger partial charge >= 0.3 is 0 Å². The molecule has 2 heterocycles. The van der Waals surface area contributed by atoms with E-state index in [9.17, 15) is 9.59 Å². The van der Waals surface area contributed by atoms with Crippen molar-refractivity contribution in [3.8, 4) is 0 Å². The van der Waals surface area contributed by atoms with Crippen molar-refractivity contribution in [2.45, 2.75) is 18.4 Å². The molecule has 1 spiro atoms. The summed E-state index contributed by atoms with van der Waals surface area (Å²) in [5.74, 6) is -0.0785. The predicted molar refractivity (Wildman–Crippen MR) is 78.3 cm³/mol. The van der Waals surface area contributed by atoms with Gasteiger partial charge in [-0.2, -0.15) is 0 Å². The zero-order chi connectivity index (χ0) is 14.9. The largest absolute Gasteiger partial charge is 0.363 e. The Morgan fingerprint density at radius 3 is 2.71 bits per heavy atom. The highest BCUT2D eigenvalue weighted by Crippen LogP contribution is 2.28. The molecule has 2 saturated heterocycles. The van der Waals surface area contributed by atoms with Gasteiger partial charge in [-0.1, -0.05) is 17.7 Å². The van der Waals surface area contributed by atoms with Crippen LogP contribution in [-0.2, 0) is 9.53 Å². The number of piperidine rings is 1. The number of morpholine rings is 1. The van der Waals surface area contributed by atoms with Crippen LogP contribution in [0, 0.1) is 0 Å². The molecule has 21 heavy (non-hydrogen) atoms. The van der Waals surface area contributed by atoms with Crippen molar-refractivity contribution in [1.29, 1.82) is 0 Å². The second-order valence-electron chi connectivity index (χ2n) is 5.55. The van der Waals surface area contributed by atoms with Gasteiger partial charge in [0.2, 0.25) is 5.91 Å². The molecule has 0 aromatic heterocycles. The normalized spacial score (nSPS) is 21.2. The fourth-order valence-corrected chi connectivity index (χ4v) is 3.01. The fraction of sp³-hybridized carbons (Fsp3) is 0.467. The zero-order valence-electron chi connectivity index (χ0n) is 11.6. The van der Waals surface area contributed by atoms with E-state index in [0.29, 0.717) is 30.2 Å². The Morgan fingerprint density at radius 1 is 1.33 bits per heavy atom. The molecular weight excluding hydrogens is 292 g/mol. The third kappa shape index (κ3) is 3.04. The molecule has 5 nitrogen and oxygen atoms in total. The maximum atomic E-state index is 12.4. The molecule has 2 aliphatic heterocycles. The Hall–Kier alpha value is -1.59. The molecular formula is C15H17ClN2O3. The lowest BCUT2D eigenvalue weighted by molar-refractivity contribution is -0.149. The van der Waals surface area contributed by atoms with E-state index in [2.05, 4.69) is 5.32 Å². The van der Waals surface area contributed by atoms with Gasteiger partial charge in [-0.15, -0.1) is 0 Å². The van der Waals surface area contributed by atoms with E-state index >= 15 is 0 Å². The first-order valence-electron chi connectivity index (χ1n) is 7.04. The Morgan fingerprint density at radius 2 is 2.10 bits per heavy atom. The Kier molecular flexibility index (Phi) is 3.87. The first kappa shape index (κ1) is 14.4. The van der Waals surface area contributed by atoms with E-state index in [-0.39, 0.29) is 24.0 Å². The minimum Gasteiger partial charge on any atom is -0.363 e. The monoisotopic (exact) mass is 308 g/mol. The van der Waals surface area contributed by atoms with Crippen LogP contribution >= 0.6 is 11.6 Å². The average Bonchev–Trinajstić information content (AvgIpc) is 2.51. The average molecular weight is 309 g/mol. The van der Waals surface area contributed by atoms with Crippen LogP contribution < -0.4 is 5.32 Å². The number of likely N-dealkylation sites (tertiary alicyclic amines) is 1. The molecule has 3 rings (SSSR count). The Labute approximate surface area is 128 Å². The first-order chi connectivity index (χ1) is 10.1. The molecule has 1 aromatic carbocycles. The molecule has 2 fully saturated rings. The van der Waals surface area contributed by atoms with Crippen molar-refractivity contribution >= 4 is 23.4 Å². The molecule has 0 bridgehead atoms. The molecule has 6 heteroatoms. The molecule has 0 unspecified atom stereocenters. The topological polar surface area (TPSA) is 58.6 Å². The van der Waals surface area contributed by atoms with Gasteiger partial charge < -0.3 is 15.0 Å². The molecule has 0 radical (unpaired) electrons. The summed E-state index contributed by atoms with van der Waals surface area (Å²) in [6.07, 6.45) is 1.47. The van der Waals surface area contributed by atoms with Crippen molar-refractivity contribution in [3.63, 3.8) is 0 Å². The van der Waals surface area contributed by atoms with Crippen molar-refractivity contribution in [2.24, 2.45) is 0 Å². The molecule has 2 aliphatic rings. The number of benzene rings is 1. The summed E-state index contributed by atoms with van der Waals surface area (Å²) in [6, 6.07) is 6.99. The number of hydrogen-bond acceptors (Lipinski definition) is 3. The highest BCUT2D eigenvalue weighted by Gasteiger charge is 2.40. The number of carbonyl (C=O) groups is 2. The van der Waals surface area contributed by atoms with Crippen LogP contribution in [-0.4, -0.2) is 48.6 Å². The minimum atomic E-state index is -0.307. The Bertz CT molecular complexity index is 556. The maximum Gasteiger partial charge on any atom is 0.253 e. The second-order valence-corrected chi connectivity index (χ2v) is 5.99. The number of hydrogen-bond donors (Lipinski definition) is 1. The number of ether oxygens (including phenoxy) is 1. The van der Waals surface area contributed by atoms with Crippen molar-refractivity contribution in [2.75, 3.05) is 26.2 Å². The molecule has 2 amide bonds. The van der Waals surface area contributed by atoms with E-state index < -0.39 is 0 Å². The van der Waals surface area contributed by atoms with Crippen LogP contribution in [0.25, 0.3) is 0 Å². The molecule has 0 atom stereocenters. The number of halogens is 1. The van der Waals surface area contributed by atoms with Gasteiger partial charge in [-0.25, -0.2) is 0 Å². The van der Waals surface area contributed by atoms with E-state index in [1.807, 2.05) is 4.90 Å². The van der Waals surface area contributed by atoms with Crippen molar-refractivity contribution in [1.82, 2.24) is 10.2 Å². The van der Waals surface area contributed by atoms with Crippen LogP contribution in [0.1, 0.15) is 23.2 Å². The molecule has 112 valence electrons. The van der Waals surface area contributed by atoms with Gasteiger partial charge in [0.25, 0.3) is 5.91 Å². The van der Waals surface area contributed by atoms with E-state index in [1.165, 1.54) is 0 Å². The standard InChI is InChI=1S/C15H17ClN2O3/c16-12-3-1-2-11(8-12)14(20)18-6-4-15(5-7-18)10-17-13(19)9-21-15/h1-3,8H,4-7,9-10H2,(H,17,19). The van der Waals surface area contributed by atoms with Gasteiger partial charge in [-0.3, -0.25) is 9.59 Å². The highest BCUT2D eigenvalue weighted by atomic mass is 35.5. The lowest BCUT2D eigenvalue weighted by atomic mass is 9.89. The summed E-state index contributed by atoms with van der Waals surface area (Å²) in [4.78, 5) is 25.4. The van der Waals surface area contributed by atoms with Gasteiger partial charge in [0, 0.05) is 30.2 Å². The van der Waals surface area contributed by atoms with Gasteiger partial charge in [-0.05, 0) is 31.0 Å². The highest BCUT2D eigenvalue weighted by molar-refractivity contribution is 6.30. The third-order valence-corrected chi connectivity index (χ3v) is 4.39. The summed E-state index contributed by atoms with van der Waals surface area (Å²) >= 11 is 5.93. The molecule has 0 saturated carbocycles. The zero-order valence-corrected chi connectivity index (χ0v) is 12.4. The van der Waals surface area contributed by atoms with Gasteiger partial charge in [0.1, 0.15) is 6.61 Å². The second kappa shape index (κ2) is 5.66. The molecule has 1 N–H and O–H groups in total. The van der Waals surface area contributed by atoms with E-state index in [4.69, 9.17) is 16.3 Å². The van der Waals surface area contributed by atoms with Crippen LogP contribution in [0.5, 0.6) is 0 Å². The summed E-state index contributed by atoms with van der Waals surface area (Å²) in [5, 5.41) is 3.40. The molecule has 1 aromatic rings. The lowest BCUT2D eigenvalue weighted by Crippen LogP contribution is -2.58. The smallest absolute Gasteiger partial charge is 0.253 e. The fourth-order valence-electron chi connectivity index (χ4n) is 2.82. The number of amides is 2. The van der Waals surface area contributed by atoms with Crippen LogP contribution in [0.15, 0.2) is 24.3 Å². The van der Waals surface area contributed by atoms with Gasteiger partial charge in [0.15, 0.2) is 0 Å². The summed E-state index contributed by atoms with van der Waals surface area (Å²) in [5.41, 5.74) is 0.301. The van der Waals surface area contributed by atoms with Crippen molar-refractivity contribution in [3.05, 3.63) is 34.9 Å². The molecule has 0 aliphatic carbocycles. The summed E-state index contributed by atoms with van der Waals surface area (Å²) < 4.78 is 5.70.